The van der Waals surface area contributed by atoms with Crippen LogP contribution >= 0.6 is 11.3 Å². The summed E-state index contributed by atoms with van der Waals surface area (Å²) in [5, 5.41) is 12.3. The third-order valence-corrected chi connectivity index (χ3v) is 7.31. The van der Waals surface area contributed by atoms with Crippen molar-refractivity contribution in [3.05, 3.63) is 87.7 Å². The second-order valence-corrected chi connectivity index (χ2v) is 9.86. The van der Waals surface area contributed by atoms with E-state index >= 15 is 4.39 Å². The number of benzene rings is 1. The molecule has 5 rings (SSSR count). The van der Waals surface area contributed by atoms with Crippen LogP contribution in [0.4, 0.5) is 29.2 Å². The van der Waals surface area contributed by atoms with Crippen molar-refractivity contribution in [3.8, 4) is 10.6 Å². The van der Waals surface area contributed by atoms with Gasteiger partial charge in [-0.25, -0.2) is 24.1 Å². The third-order valence-electron chi connectivity index (χ3n) is 6.16. The van der Waals surface area contributed by atoms with Crippen LogP contribution < -0.4 is 5.32 Å². The van der Waals surface area contributed by atoms with E-state index in [2.05, 4.69) is 20.3 Å². The lowest BCUT2D eigenvalue weighted by Gasteiger charge is -2.30. The van der Waals surface area contributed by atoms with Gasteiger partial charge in [-0.05, 0) is 79.3 Å². The van der Waals surface area contributed by atoms with E-state index in [4.69, 9.17) is 0 Å². The van der Waals surface area contributed by atoms with E-state index < -0.39 is 23.4 Å². The van der Waals surface area contributed by atoms with Crippen molar-refractivity contribution < 1.29 is 27.5 Å². The predicted octanol–water partition coefficient (Wildman–Crippen LogP) is 6.92. The number of carboxylic acid groups (broad SMARTS) is 1. The number of aryl methyl sites for hydroxylation is 2. The van der Waals surface area contributed by atoms with Gasteiger partial charge in [0.25, 0.3) is 0 Å². The Hall–Kier alpha value is -3.86. The van der Waals surface area contributed by atoms with Gasteiger partial charge in [-0.15, -0.1) is 11.3 Å². The van der Waals surface area contributed by atoms with Gasteiger partial charge in [0.1, 0.15) is 16.6 Å². The lowest BCUT2D eigenvalue weighted by Crippen LogP contribution is -2.27. The molecule has 6 nitrogen and oxygen atoms in total. The van der Waals surface area contributed by atoms with E-state index in [1.54, 1.807) is 12.1 Å². The Labute approximate surface area is 213 Å². The Morgan fingerprint density at radius 3 is 2.68 bits per heavy atom. The highest BCUT2D eigenvalue weighted by atomic mass is 32.1. The Kier molecular flexibility index (Phi) is 6.18. The number of carbonyl (C=O) groups is 1. The van der Waals surface area contributed by atoms with Gasteiger partial charge in [0.2, 0.25) is 0 Å². The highest BCUT2D eigenvalue weighted by Gasteiger charge is 2.41. The molecule has 1 aliphatic rings. The zero-order valence-corrected chi connectivity index (χ0v) is 20.3. The number of nitrogens with one attached hydrogen (secondary N) is 1. The molecule has 4 aromatic rings. The van der Waals surface area contributed by atoms with Crippen molar-refractivity contribution in [1.29, 1.82) is 0 Å². The molecule has 0 saturated carbocycles. The molecule has 0 amide bonds. The molecule has 190 valence electrons. The molecular formula is C26H20F4N4O2S. The average Bonchev–Trinajstić information content (AvgIpc) is 3.35. The molecule has 1 aliphatic carbocycles. The molecule has 3 aromatic heterocycles. The van der Waals surface area contributed by atoms with Gasteiger partial charge in [0.05, 0.1) is 21.7 Å². The topological polar surface area (TPSA) is 88.0 Å². The summed E-state index contributed by atoms with van der Waals surface area (Å²) in [5.74, 6) is -0.785. The van der Waals surface area contributed by atoms with Gasteiger partial charge in [0, 0.05) is 12.4 Å². The molecule has 0 bridgehead atoms. The number of rotatable bonds is 5. The summed E-state index contributed by atoms with van der Waals surface area (Å²) in [6.07, 6.45) is -0.567. The minimum absolute atomic E-state index is 0.00822. The first kappa shape index (κ1) is 24.8. The van der Waals surface area contributed by atoms with Crippen LogP contribution in [0.1, 0.15) is 50.5 Å². The molecular weight excluding hydrogens is 508 g/mol. The summed E-state index contributed by atoms with van der Waals surface area (Å²) in [5.41, 5.74) is -0.240. The van der Waals surface area contributed by atoms with E-state index in [1.165, 1.54) is 24.4 Å². The van der Waals surface area contributed by atoms with Crippen molar-refractivity contribution >= 4 is 28.9 Å². The first-order chi connectivity index (χ1) is 17.5. The number of halogens is 4. The van der Waals surface area contributed by atoms with Crippen molar-refractivity contribution in [1.82, 2.24) is 15.0 Å². The molecule has 0 spiro atoms. The van der Waals surface area contributed by atoms with Crippen molar-refractivity contribution in [2.45, 2.75) is 38.0 Å². The van der Waals surface area contributed by atoms with Crippen LogP contribution in [0, 0.1) is 6.92 Å². The van der Waals surface area contributed by atoms with Gasteiger partial charge in [-0.1, -0.05) is 6.07 Å². The van der Waals surface area contributed by atoms with Crippen LogP contribution in [-0.2, 0) is 18.3 Å². The van der Waals surface area contributed by atoms with Crippen LogP contribution in [0.3, 0.4) is 0 Å². The van der Waals surface area contributed by atoms with Crippen molar-refractivity contribution in [2.75, 3.05) is 5.32 Å². The number of hydrogen-bond donors (Lipinski definition) is 2. The van der Waals surface area contributed by atoms with Gasteiger partial charge in [-0.2, -0.15) is 13.2 Å². The minimum Gasteiger partial charge on any atom is -0.478 e. The number of thiazole rings is 1. The molecule has 1 atom stereocenters. The Morgan fingerprint density at radius 1 is 1.11 bits per heavy atom. The number of aromatic nitrogens is 3. The number of hydrogen-bond acceptors (Lipinski definition) is 6. The fourth-order valence-electron chi connectivity index (χ4n) is 4.44. The largest absolute Gasteiger partial charge is 0.478 e. The second kappa shape index (κ2) is 9.22. The molecule has 37 heavy (non-hydrogen) atoms. The fourth-order valence-corrected chi connectivity index (χ4v) is 5.44. The number of anilines is 2. The van der Waals surface area contributed by atoms with Gasteiger partial charge >= 0.3 is 12.1 Å². The number of pyridine rings is 2. The van der Waals surface area contributed by atoms with Crippen molar-refractivity contribution in [3.63, 3.8) is 0 Å². The molecule has 2 N–H and O–H groups in total. The molecule has 0 unspecified atom stereocenters. The molecule has 0 aliphatic heterocycles. The van der Waals surface area contributed by atoms with Gasteiger partial charge < -0.3 is 10.4 Å². The maximum Gasteiger partial charge on any atom is 0.416 e. The molecule has 0 radical (unpaired) electrons. The standard InChI is InChI=1S/C26H20F4N4O2S/c1-14-9-19(33-22(10-14)34-21-12-17(6-8-31-21)26(28,29)30)20-13-32-24(37-20)25(27)7-2-3-15-11-16(23(35)36)4-5-18(15)25/h4-6,8-13H,2-3,7H2,1H3,(H,35,36)(H,31,33,34)/t25-/m0/s1. The Balaban J connectivity index is 1.46. The van der Waals surface area contributed by atoms with E-state index in [1.807, 2.05) is 6.92 Å². The highest BCUT2D eigenvalue weighted by Crippen LogP contribution is 2.46. The van der Waals surface area contributed by atoms with Crippen LogP contribution in [0.25, 0.3) is 10.6 Å². The average molecular weight is 529 g/mol. The normalized spacial score (nSPS) is 17.3. The first-order valence-electron chi connectivity index (χ1n) is 11.3. The van der Waals surface area contributed by atoms with Crippen LogP contribution in [0.2, 0.25) is 0 Å². The van der Waals surface area contributed by atoms with Crippen LogP contribution in [0.5, 0.6) is 0 Å². The smallest absolute Gasteiger partial charge is 0.416 e. The van der Waals surface area contributed by atoms with E-state index in [0.29, 0.717) is 34.5 Å². The molecule has 11 heteroatoms. The third kappa shape index (κ3) is 4.91. The minimum atomic E-state index is -4.50. The van der Waals surface area contributed by atoms with Gasteiger partial charge in [-0.3, -0.25) is 0 Å². The zero-order valence-electron chi connectivity index (χ0n) is 19.4. The summed E-state index contributed by atoms with van der Waals surface area (Å²) in [7, 11) is 0. The summed E-state index contributed by atoms with van der Waals surface area (Å²) >= 11 is 1.14. The maximum absolute atomic E-state index is 16.4. The SMILES string of the molecule is Cc1cc(Nc2cc(C(F)(F)F)ccn2)nc(-c2cnc([C@]3(F)CCCc4cc(C(=O)O)ccc43)s2)c1. The maximum atomic E-state index is 16.4. The summed E-state index contributed by atoms with van der Waals surface area (Å²) in [6.45, 7) is 1.81. The van der Waals surface area contributed by atoms with Crippen molar-refractivity contribution in [2.24, 2.45) is 0 Å². The summed E-state index contributed by atoms with van der Waals surface area (Å²) in [6, 6.07) is 9.67. The number of nitrogens with zero attached hydrogens (tertiary/aromatic N) is 3. The summed E-state index contributed by atoms with van der Waals surface area (Å²) < 4.78 is 55.6. The van der Waals surface area contributed by atoms with E-state index in [9.17, 15) is 23.1 Å². The zero-order chi connectivity index (χ0) is 26.4. The quantitative estimate of drug-likeness (QED) is 0.274. The number of carboxylic acids is 1. The predicted molar refractivity (Wildman–Crippen MR) is 131 cm³/mol. The van der Waals surface area contributed by atoms with E-state index in [0.717, 1.165) is 35.2 Å². The fraction of sp³-hybridized carbons (Fsp3) is 0.231. The van der Waals surface area contributed by atoms with E-state index in [-0.39, 0.29) is 28.6 Å². The second-order valence-electron chi connectivity index (χ2n) is 8.83. The Morgan fingerprint density at radius 2 is 1.92 bits per heavy atom. The number of alkyl halides is 4. The Bertz CT molecular complexity index is 1500. The molecule has 0 saturated heterocycles. The number of fused-ring (bicyclic) bond motifs is 1. The monoisotopic (exact) mass is 528 g/mol. The van der Waals surface area contributed by atoms with Gasteiger partial charge in [0.15, 0.2) is 5.67 Å². The molecule has 0 fully saturated rings. The highest BCUT2D eigenvalue weighted by molar-refractivity contribution is 7.15. The van der Waals surface area contributed by atoms with Crippen LogP contribution in [-0.4, -0.2) is 26.0 Å². The summed E-state index contributed by atoms with van der Waals surface area (Å²) in [4.78, 5) is 24.7. The number of aromatic carboxylic acids is 1. The lowest BCUT2D eigenvalue weighted by atomic mass is 9.80. The van der Waals surface area contributed by atoms with Crippen LogP contribution in [0.15, 0.2) is 54.9 Å². The first-order valence-corrected chi connectivity index (χ1v) is 12.2. The molecule has 3 heterocycles. The lowest BCUT2D eigenvalue weighted by molar-refractivity contribution is -0.137. The molecule has 1 aromatic carbocycles.